The van der Waals surface area contributed by atoms with E-state index in [-0.39, 0.29) is 11.6 Å². The number of nitrogens with zero attached hydrogens (tertiary/aromatic N) is 1. The molecule has 4 aromatic carbocycles. The van der Waals surface area contributed by atoms with Crippen molar-refractivity contribution >= 4 is 58.7 Å². The average Bonchev–Trinajstić information content (AvgIpc) is 3.05. The molecule has 0 aliphatic carbocycles. The van der Waals surface area contributed by atoms with Crippen LogP contribution in [0.25, 0.3) is 6.08 Å². The number of hydrogen-bond donors (Lipinski definition) is 3. The number of aromatic nitrogens is 1. The van der Waals surface area contributed by atoms with E-state index < -0.39 is 17.1 Å². The summed E-state index contributed by atoms with van der Waals surface area (Å²) in [6.07, 6.45) is 3.11. The lowest BCUT2D eigenvalue weighted by atomic mass is 10.1. The first-order chi connectivity index (χ1) is 21.8. The molecule has 3 N–H and O–H groups in total. The highest BCUT2D eigenvalue weighted by Gasteiger charge is 2.23. The Morgan fingerprint density at radius 3 is 2.24 bits per heavy atom. The summed E-state index contributed by atoms with van der Waals surface area (Å²) in [7, 11) is 0. The maximum absolute atomic E-state index is 13.6. The van der Waals surface area contributed by atoms with E-state index >= 15 is 0 Å². The summed E-state index contributed by atoms with van der Waals surface area (Å²) < 4.78 is 0. The third-order valence-corrected chi connectivity index (χ3v) is 8.02. The van der Waals surface area contributed by atoms with Crippen molar-refractivity contribution in [2.75, 3.05) is 10.6 Å². The number of amides is 3. The van der Waals surface area contributed by atoms with Gasteiger partial charge in [-0.2, -0.15) is 0 Å². The SMILES string of the molecule is Cc1cccc(/C=C(/NC(=O)c2ccccc2)C(=O)Nc2cccc(SC(C(=O)Nc3ccc(Cl)cn3)c3ccccc3)c2)c1. The summed E-state index contributed by atoms with van der Waals surface area (Å²) in [6.45, 7) is 1.96. The zero-order valence-corrected chi connectivity index (χ0v) is 25.8. The predicted molar refractivity (Wildman–Crippen MR) is 181 cm³/mol. The van der Waals surface area contributed by atoms with Gasteiger partial charge in [0.05, 0.1) is 5.02 Å². The van der Waals surface area contributed by atoms with Gasteiger partial charge in [-0.1, -0.05) is 96.0 Å². The number of hydrogen-bond acceptors (Lipinski definition) is 5. The predicted octanol–water partition coefficient (Wildman–Crippen LogP) is 7.93. The Morgan fingerprint density at radius 1 is 0.800 bits per heavy atom. The summed E-state index contributed by atoms with van der Waals surface area (Å²) in [5.41, 5.74) is 3.61. The lowest BCUT2D eigenvalue weighted by Crippen LogP contribution is -2.30. The fourth-order valence-corrected chi connectivity index (χ4v) is 5.59. The summed E-state index contributed by atoms with van der Waals surface area (Å²) in [5.74, 6) is -0.769. The zero-order valence-electron chi connectivity index (χ0n) is 24.2. The second kappa shape index (κ2) is 15.0. The van der Waals surface area contributed by atoms with Gasteiger partial charge in [-0.15, -0.1) is 11.8 Å². The van der Waals surface area contributed by atoms with Crippen molar-refractivity contribution in [2.45, 2.75) is 17.1 Å². The fraction of sp³-hybridized carbons (Fsp3) is 0.0556. The summed E-state index contributed by atoms with van der Waals surface area (Å²) in [5, 5.41) is 8.39. The highest BCUT2D eigenvalue weighted by Crippen LogP contribution is 2.37. The van der Waals surface area contributed by atoms with Crippen molar-refractivity contribution in [1.29, 1.82) is 0 Å². The molecule has 7 nitrogen and oxygen atoms in total. The van der Waals surface area contributed by atoms with Crippen LogP contribution in [0, 0.1) is 6.92 Å². The number of benzene rings is 4. The van der Waals surface area contributed by atoms with Gasteiger partial charge < -0.3 is 16.0 Å². The minimum Gasteiger partial charge on any atom is -0.321 e. The van der Waals surface area contributed by atoms with Crippen LogP contribution in [0.3, 0.4) is 0 Å². The van der Waals surface area contributed by atoms with E-state index in [0.29, 0.717) is 22.1 Å². The molecule has 5 rings (SSSR count). The number of aryl methyl sites for hydroxylation is 1. The normalized spacial score (nSPS) is 11.7. The van der Waals surface area contributed by atoms with Crippen molar-refractivity contribution in [3.63, 3.8) is 0 Å². The zero-order chi connectivity index (χ0) is 31.6. The van der Waals surface area contributed by atoms with Crippen molar-refractivity contribution in [3.05, 3.63) is 160 Å². The molecule has 9 heteroatoms. The summed E-state index contributed by atoms with van der Waals surface area (Å²) in [6, 6.07) is 36.2. The van der Waals surface area contributed by atoms with E-state index in [1.807, 2.05) is 73.7 Å². The Kier molecular flexibility index (Phi) is 10.4. The van der Waals surface area contributed by atoms with Crippen molar-refractivity contribution in [2.24, 2.45) is 0 Å². The molecular weight excluding hydrogens is 604 g/mol. The van der Waals surface area contributed by atoms with Gasteiger partial charge in [-0.3, -0.25) is 14.4 Å². The molecule has 224 valence electrons. The van der Waals surface area contributed by atoms with E-state index in [4.69, 9.17) is 11.6 Å². The maximum atomic E-state index is 13.6. The van der Waals surface area contributed by atoms with Gasteiger partial charge in [-0.05, 0) is 66.6 Å². The second-order valence-corrected chi connectivity index (χ2v) is 11.6. The van der Waals surface area contributed by atoms with Gasteiger partial charge in [0.1, 0.15) is 16.8 Å². The number of carbonyl (C=O) groups excluding carboxylic acids is 3. The van der Waals surface area contributed by atoms with Crippen LogP contribution in [0.15, 0.2) is 138 Å². The fourth-order valence-electron chi connectivity index (χ4n) is 4.39. The maximum Gasteiger partial charge on any atom is 0.272 e. The Hall–Kier alpha value is -5.18. The number of carbonyl (C=O) groups is 3. The first kappa shape index (κ1) is 31.3. The van der Waals surface area contributed by atoms with Gasteiger partial charge in [-0.25, -0.2) is 4.98 Å². The van der Waals surface area contributed by atoms with Crippen LogP contribution in [0.2, 0.25) is 5.02 Å². The quantitative estimate of drug-likeness (QED) is 0.107. The Labute approximate surface area is 270 Å². The Morgan fingerprint density at radius 2 is 1.53 bits per heavy atom. The number of nitrogens with one attached hydrogen (secondary N) is 3. The van der Waals surface area contributed by atoms with E-state index in [0.717, 1.165) is 21.6 Å². The van der Waals surface area contributed by atoms with Crippen LogP contribution >= 0.6 is 23.4 Å². The minimum atomic E-state index is -0.614. The van der Waals surface area contributed by atoms with E-state index in [2.05, 4.69) is 20.9 Å². The van der Waals surface area contributed by atoms with E-state index in [1.54, 1.807) is 60.7 Å². The molecule has 0 saturated heterocycles. The summed E-state index contributed by atoms with van der Waals surface area (Å²) >= 11 is 7.28. The number of halogens is 1. The van der Waals surface area contributed by atoms with Crippen LogP contribution in [0.5, 0.6) is 0 Å². The molecule has 1 unspecified atom stereocenters. The van der Waals surface area contributed by atoms with Gasteiger partial charge >= 0.3 is 0 Å². The second-order valence-electron chi connectivity index (χ2n) is 10.0. The molecule has 5 aromatic rings. The lowest BCUT2D eigenvalue weighted by molar-refractivity contribution is -0.116. The molecule has 0 fully saturated rings. The number of pyridine rings is 1. The number of rotatable bonds is 10. The van der Waals surface area contributed by atoms with Crippen LogP contribution in [-0.2, 0) is 9.59 Å². The van der Waals surface area contributed by atoms with Gasteiger partial charge in [0.25, 0.3) is 11.8 Å². The molecule has 45 heavy (non-hydrogen) atoms. The van der Waals surface area contributed by atoms with Crippen LogP contribution < -0.4 is 16.0 Å². The van der Waals surface area contributed by atoms with Gasteiger partial charge in [0.15, 0.2) is 0 Å². The number of thioether (sulfide) groups is 1. The largest absolute Gasteiger partial charge is 0.321 e. The average molecular weight is 633 g/mol. The molecule has 3 amide bonds. The van der Waals surface area contributed by atoms with E-state index in [9.17, 15) is 14.4 Å². The standard InChI is InChI=1S/C36H29ClN4O3S/c1-24-10-8-11-25(20-24)21-31(40-34(42)27-14-6-3-7-15-27)35(43)39-29-16-9-17-30(22-29)45-33(26-12-4-2-5-13-26)36(44)41-32-19-18-28(37)23-38-32/h2-23,33H,1H3,(H,39,43)(H,40,42)(H,38,41,44)/b31-21+. The molecule has 0 radical (unpaired) electrons. The number of anilines is 2. The van der Waals surface area contributed by atoms with Crippen LogP contribution in [-0.4, -0.2) is 22.7 Å². The molecule has 1 aromatic heterocycles. The smallest absolute Gasteiger partial charge is 0.272 e. The first-order valence-electron chi connectivity index (χ1n) is 14.0. The molecule has 0 spiro atoms. The van der Waals surface area contributed by atoms with Crippen molar-refractivity contribution in [3.8, 4) is 0 Å². The van der Waals surface area contributed by atoms with Crippen LogP contribution in [0.4, 0.5) is 11.5 Å². The molecule has 0 saturated carbocycles. The van der Waals surface area contributed by atoms with E-state index in [1.165, 1.54) is 18.0 Å². The third kappa shape index (κ3) is 8.92. The molecule has 0 bridgehead atoms. The van der Waals surface area contributed by atoms with Crippen molar-refractivity contribution < 1.29 is 14.4 Å². The van der Waals surface area contributed by atoms with Gasteiger partial charge in [0, 0.05) is 22.3 Å². The van der Waals surface area contributed by atoms with Crippen molar-refractivity contribution in [1.82, 2.24) is 10.3 Å². The minimum absolute atomic E-state index is 0.0875. The monoisotopic (exact) mass is 632 g/mol. The molecule has 0 aliphatic heterocycles. The molecular formula is C36H29ClN4O3S. The van der Waals surface area contributed by atoms with Gasteiger partial charge in [0.2, 0.25) is 5.91 Å². The topological polar surface area (TPSA) is 100 Å². The highest BCUT2D eigenvalue weighted by molar-refractivity contribution is 8.00. The Bertz CT molecular complexity index is 1830. The molecule has 1 atom stereocenters. The molecule has 0 aliphatic rings. The Balaban J connectivity index is 1.37. The third-order valence-electron chi connectivity index (χ3n) is 6.55. The summed E-state index contributed by atoms with van der Waals surface area (Å²) in [4.78, 5) is 45.0. The molecule has 1 heterocycles. The highest BCUT2D eigenvalue weighted by atomic mass is 35.5. The lowest BCUT2D eigenvalue weighted by Gasteiger charge is -2.17. The van der Waals surface area contributed by atoms with Crippen LogP contribution in [0.1, 0.15) is 32.3 Å². The first-order valence-corrected chi connectivity index (χ1v) is 15.3.